The van der Waals surface area contributed by atoms with Crippen molar-refractivity contribution >= 4 is 29.1 Å². The van der Waals surface area contributed by atoms with Crippen LogP contribution in [0.1, 0.15) is 24.1 Å². The van der Waals surface area contributed by atoms with E-state index in [1.165, 1.54) is 0 Å². The second kappa shape index (κ2) is 10.9. The van der Waals surface area contributed by atoms with Crippen molar-refractivity contribution in [2.75, 3.05) is 29.6 Å². The number of anilines is 3. The lowest BCUT2D eigenvalue weighted by Crippen LogP contribution is -2.36. The van der Waals surface area contributed by atoms with Crippen LogP contribution in [-0.2, 0) is 6.54 Å². The lowest BCUT2D eigenvalue weighted by atomic mass is 10.1. The molecule has 7 heteroatoms. The summed E-state index contributed by atoms with van der Waals surface area (Å²) < 4.78 is 0. The van der Waals surface area contributed by atoms with Crippen LogP contribution in [0.5, 0.6) is 0 Å². The summed E-state index contributed by atoms with van der Waals surface area (Å²) in [6.07, 6.45) is 0. The SMILES string of the molecule is C[C@H](NC(=O)NCc1ccc(N(C)C)cc1)c1ccc(NC(=O)Nc2ccccc2)cc1. The standard InChI is InChI=1S/C25H29N5O2/c1-18(27-24(31)26-17-19-9-15-23(16-10-19)30(2)3)20-11-13-22(14-12-20)29-25(32)28-21-7-5-4-6-8-21/h4-16,18H,17H2,1-3H3,(H2,26,27,31)(H2,28,29,32)/t18-/m0/s1. The van der Waals surface area contributed by atoms with Gasteiger partial charge in [0.15, 0.2) is 0 Å². The summed E-state index contributed by atoms with van der Waals surface area (Å²) >= 11 is 0. The molecule has 0 saturated heterocycles. The topological polar surface area (TPSA) is 85.5 Å². The quantitative estimate of drug-likeness (QED) is 0.427. The van der Waals surface area contributed by atoms with Crippen LogP contribution in [0.3, 0.4) is 0 Å². The van der Waals surface area contributed by atoms with Gasteiger partial charge < -0.3 is 26.2 Å². The number of para-hydroxylation sites is 1. The van der Waals surface area contributed by atoms with Gasteiger partial charge in [-0.05, 0) is 54.4 Å². The second-order valence-electron chi connectivity index (χ2n) is 7.68. The molecule has 0 aromatic heterocycles. The number of hydrogen-bond acceptors (Lipinski definition) is 3. The average molecular weight is 432 g/mol. The van der Waals surface area contributed by atoms with Crippen LogP contribution < -0.4 is 26.2 Å². The molecule has 0 heterocycles. The predicted molar refractivity (Wildman–Crippen MR) is 130 cm³/mol. The highest BCUT2D eigenvalue weighted by Gasteiger charge is 2.10. The smallest absolute Gasteiger partial charge is 0.323 e. The molecule has 7 nitrogen and oxygen atoms in total. The Kier molecular flexibility index (Phi) is 7.70. The molecule has 1 atom stereocenters. The van der Waals surface area contributed by atoms with Crippen LogP contribution in [0, 0.1) is 0 Å². The van der Waals surface area contributed by atoms with Crippen LogP contribution in [0.15, 0.2) is 78.9 Å². The molecule has 0 saturated carbocycles. The zero-order valence-corrected chi connectivity index (χ0v) is 18.6. The molecule has 3 aromatic carbocycles. The predicted octanol–water partition coefficient (Wildman–Crippen LogP) is 4.96. The Morgan fingerprint density at radius 1 is 0.781 bits per heavy atom. The maximum atomic E-state index is 12.3. The van der Waals surface area contributed by atoms with Gasteiger partial charge in [-0.2, -0.15) is 0 Å². The van der Waals surface area contributed by atoms with Crippen LogP contribution in [-0.4, -0.2) is 26.2 Å². The number of benzene rings is 3. The number of carbonyl (C=O) groups excluding carboxylic acids is 2. The maximum absolute atomic E-state index is 12.3. The summed E-state index contributed by atoms with van der Waals surface area (Å²) in [5.74, 6) is 0. The van der Waals surface area contributed by atoms with Gasteiger partial charge in [0.2, 0.25) is 0 Å². The Labute approximate surface area is 188 Å². The van der Waals surface area contributed by atoms with Gasteiger partial charge in [-0.15, -0.1) is 0 Å². The first-order valence-electron chi connectivity index (χ1n) is 10.4. The molecule has 4 N–H and O–H groups in total. The Morgan fingerprint density at radius 3 is 1.97 bits per heavy atom. The summed E-state index contributed by atoms with van der Waals surface area (Å²) in [7, 11) is 3.98. The van der Waals surface area contributed by atoms with Crippen molar-refractivity contribution < 1.29 is 9.59 Å². The highest BCUT2D eigenvalue weighted by atomic mass is 16.2. The number of urea groups is 2. The summed E-state index contributed by atoms with van der Waals surface area (Å²) in [5, 5.41) is 11.4. The number of nitrogens with zero attached hydrogens (tertiary/aromatic N) is 1. The molecule has 3 aromatic rings. The van der Waals surface area contributed by atoms with E-state index in [4.69, 9.17) is 0 Å². The van der Waals surface area contributed by atoms with Crippen molar-refractivity contribution in [3.05, 3.63) is 90.0 Å². The van der Waals surface area contributed by atoms with E-state index in [0.717, 1.165) is 22.5 Å². The molecule has 0 radical (unpaired) electrons. The van der Waals surface area contributed by atoms with Crippen molar-refractivity contribution in [3.63, 3.8) is 0 Å². The monoisotopic (exact) mass is 431 g/mol. The van der Waals surface area contributed by atoms with Crippen LogP contribution >= 0.6 is 0 Å². The Morgan fingerprint density at radius 2 is 1.38 bits per heavy atom. The fraction of sp³-hybridized carbons (Fsp3) is 0.200. The molecule has 0 aliphatic rings. The number of amides is 4. The summed E-state index contributed by atoms with van der Waals surface area (Å²) in [6, 6.07) is 23.9. The van der Waals surface area contributed by atoms with E-state index >= 15 is 0 Å². The molecule has 0 unspecified atom stereocenters. The molecule has 0 aliphatic carbocycles. The van der Waals surface area contributed by atoms with Crippen LogP contribution in [0.4, 0.5) is 26.7 Å². The highest BCUT2D eigenvalue weighted by molar-refractivity contribution is 5.99. The zero-order valence-electron chi connectivity index (χ0n) is 18.6. The number of hydrogen-bond donors (Lipinski definition) is 4. The molecule has 0 bridgehead atoms. The van der Waals surface area contributed by atoms with Crippen LogP contribution in [0.25, 0.3) is 0 Å². The van der Waals surface area contributed by atoms with E-state index in [9.17, 15) is 9.59 Å². The largest absolute Gasteiger partial charge is 0.378 e. The van der Waals surface area contributed by atoms with Gasteiger partial charge in [-0.3, -0.25) is 0 Å². The molecule has 3 rings (SSSR count). The zero-order chi connectivity index (χ0) is 22.9. The average Bonchev–Trinajstić information content (AvgIpc) is 2.79. The van der Waals surface area contributed by atoms with Crippen molar-refractivity contribution in [2.45, 2.75) is 19.5 Å². The molecule has 166 valence electrons. The minimum Gasteiger partial charge on any atom is -0.378 e. The number of nitrogens with one attached hydrogen (secondary N) is 4. The number of carbonyl (C=O) groups is 2. The van der Waals surface area contributed by atoms with E-state index in [0.29, 0.717) is 12.2 Å². The fourth-order valence-electron chi connectivity index (χ4n) is 3.10. The minimum atomic E-state index is -0.312. The molecule has 32 heavy (non-hydrogen) atoms. The van der Waals surface area contributed by atoms with E-state index in [1.807, 2.05) is 105 Å². The second-order valence-corrected chi connectivity index (χ2v) is 7.68. The third kappa shape index (κ3) is 6.77. The summed E-state index contributed by atoms with van der Waals surface area (Å²) in [4.78, 5) is 26.4. The van der Waals surface area contributed by atoms with Crippen molar-refractivity contribution in [1.29, 1.82) is 0 Å². The molecule has 4 amide bonds. The lowest BCUT2D eigenvalue weighted by Gasteiger charge is -2.16. The summed E-state index contributed by atoms with van der Waals surface area (Å²) in [6.45, 7) is 2.36. The van der Waals surface area contributed by atoms with Gasteiger partial charge in [0, 0.05) is 37.7 Å². The number of rotatable bonds is 7. The molecule has 0 fully saturated rings. The first-order valence-corrected chi connectivity index (χ1v) is 10.4. The third-order valence-electron chi connectivity index (χ3n) is 4.95. The van der Waals surface area contributed by atoms with Gasteiger partial charge in [0.05, 0.1) is 6.04 Å². The maximum Gasteiger partial charge on any atom is 0.323 e. The van der Waals surface area contributed by atoms with Gasteiger partial charge in [-0.1, -0.05) is 42.5 Å². The summed E-state index contributed by atoms with van der Waals surface area (Å²) in [5.41, 5.74) is 4.47. The normalized spacial score (nSPS) is 11.2. The third-order valence-corrected chi connectivity index (χ3v) is 4.95. The fourth-order valence-corrected chi connectivity index (χ4v) is 3.10. The van der Waals surface area contributed by atoms with E-state index in [2.05, 4.69) is 21.3 Å². The highest BCUT2D eigenvalue weighted by Crippen LogP contribution is 2.17. The Hall–Kier alpha value is -4.00. The molecular weight excluding hydrogens is 402 g/mol. The Bertz CT molecular complexity index is 1020. The van der Waals surface area contributed by atoms with E-state index < -0.39 is 0 Å². The van der Waals surface area contributed by atoms with Crippen molar-refractivity contribution in [3.8, 4) is 0 Å². The Balaban J connectivity index is 1.45. The lowest BCUT2D eigenvalue weighted by molar-refractivity contribution is 0.237. The molecule has 0 aliphatic heterocycles. The van der Waals surface area contributed by atoms with E-state index in [1.54, 1.807) is 0 Å². The first kappa shape index (κ1) is 22.7. The minimum absolute atomic E-state index is 0.182. The van der Waals surface area contributed by atoms with E-state index in [-0.39, 0.29) is 18.1 Å². The first-order chi connectivity index (χ1) is 15.4. The molecule has 0 spiro atoms. The van der Waals surface area contributed by atoms with Crippen molar-refractivity contribution in [1.82, 2.24) is 10.6 Å². The van der Waals surface area contributed by atoms with Crippen molar-refractivity contribution in [2.24, 2.45) is 0 Å². The van der Waals surface area contributed by atoms with Gasteiger partial charge in [0.25, 0.3) is 0 Å². The molecular formula is C25H29N5O2. The van der Waals surface area contributed by atoms with Crippen LogP contribution in [0.2, 0.25) is 0 Å². The van der Waals surface area contributed by atoms with Gasteiger partial charge >= 0.3 is 12.1 Å². The van der Waals surface area contributed by atoms with Gasteiger partial charge in [0.1, 0.15) is 0 Å². The van der Waals surface area contributed by atoms with Gasteiger partial charge in [-0.25, -0.2) is 9.59 Å².